The van der Waals surface area contributed by atoms with Gasteiger partial charge in [0.15, 0.2) is 5.78 Å². The molecule has 0 saturated heterocycles. The monoisotopic (exact) mass is 285 g/mol. The molecule has 0 spiro atoms. The Balaban J connectivity index is 2.18. The number of halogens is 1. The van der Waals surface area contributed by atoms with Gasteiger partial charge in [-0.1, -0.05) is 48.0 Å². The van der Waals surface area contributed by atoms with Crippen molar-refractivity contribution in [2.75, 3.05) is 5.32 Å². The molecule has 3 nitrogen and oxygen atoms in total. The lowest BCUT2D eigenvalue weighted by Crippen LogP contribution is -2.46. The van der Waals surface area contributed by atoms with Crippen molar-refractivity contribution in [2.24, 2.45) is 0 Å². The van der Waals surface area contributed by atoms with Crippen LogP contribution in [-0.4, -0.2) is 11.7 Å². The van der Waals surface area contributed by atoms with E-state index in [0.29, 0.717) is 16.8 Å². The Morgan fingerprint density at radius 3 is 2.45 bits per heavy atom. The SMILES string of the molecule is Cc1ccc2c(c1)NC(=O)C(Cl)(c1ccccc1)C2=O. The number of hydrogen-bond acceptors (Lipinski definition) is 2. The van der Waals surface area contributed by atoms with E-state index in [1.165, 1.54) is 0 Å². The number of ketones is 1. The zero-order valence-corrected chi connectivity index (χ0v) is 11.6. The van der Waals surface area contributed by atoms with Crippen LogP contribution in [0.2, 0.25) is 0 Å². The smallest absolute Gasteiger partial charge is 0.258 e. The Kier molecular flexibility index (Phi) is 2.87. The molecule has 1 N–H and O–H groups in total. The molecule has 1 aliphatic heterocycles. The maximum absolute atomic E-state index is 12.7. The summed E-state index contributed by atoms with van der Waals surface area (Å²) < 4.78 is 0. The van der Waals surface area contributed by atoms with Gasteiger partial charge >= 0.3 is 0 Å². The number of hydrogen-bond donors (Lipinski definition) is 1. The van der Waals surface area contributed by atoms with Crippen molar-refractivity contribution in [3.8, 4) is 0 Å². The van der Waals surface area contributed by atoms with Gasteiger partial charge in [0, 0.05) is 5.56 Å². The van der Waals surface area contributed by atoms with E-state index in [4.69, 9.17) is 11.6 Å². The lowest BCUT2D eigenvalue weighted by Gasteiger charge is -2.30. The van der Waals surface area contributed by atoms with Crippen LogP contribution in [0.3, 0.4) is 0 Å². The van der Waals surface area contributed by atoms with Gasteiger partial charge in [-0.3, -0.25) is 9.59 Å². The van der Waals surface area contributed by atoms with Crippen molar-refractivity contribution < 1.29 is 9.59 Å². The number of anilines is 1. The number of Topliss-reactive ketones (excluding diaryl/α,β-unsaturated/α-hetero) is 1. The molecule has 0 fully saturated rings. The van der Waals surface area contributed by atoms with Crippen LogP contribution >= 0.6 is 11.6 Å². The van der Waals surface area contributed by atoms with Crippen LogP contribution in [0.5, 0.6) is 0 Å². The minimum absolute atomic E-state index is 0.385. The third-order valence-electron chi connectivity index (χ3n) is 3.47. The van der Waals surface area contributed by atoms with Gasteiger partial charge < -0.3 is 5.32 Å². The summed E-state index contributed by atoms with van der Waals surface area (Å²) in [6.45, 7) is 1.90. The van der Waals surface area contributed by atoms with Crippen LogP contribution < -0.4 is 5.32 Å². The van der Waals surface area contributed by atoms with E-state index in [1.807, 2.05) is 19.1 Å². The maximum atomic E-state index is 12.7. The highest BCUT2D eigenvalue weighted by Gasteiger charge is 2.49. The fourth-order valence-corrected chi connectivity index (χ4v) is 2.66. The van der Waals surface area contributed by atoms with Crippen LogP contribution in [-0.2, 0) is 9.67 Å². The van der Waals surface area contributed by atoms with Crippen molar-refractivity contribution in [3.63, 3.8) is 0 Å². The molecule has 3 rings (SSSR count). The Bertz CT molecular complexity index is 712. The highest BCUT2D eigenvalue weighted by molar-refractivity contribution is 6.51. The molecule has 20 heavy (non-hydrogen) atoms. The summed E-state index contributed by atoms with van der Waals surface area (Å²) in [5, 5.41) is 2.73. The molecule has 4 heteroatoms. The van der Waals surface area contributed by atoms with Gasteiger partial charge in [-0.25, -0.2) is 0 Å². The van der Waals surface area contributed by atoms with Crippen molar-refractivity contribution in [2.45, 2.75) is 11.8 Å². The topological polar surface area (TPSA) is 46.2 Å². The first-order valence-electron chi connectivity index (χ1n) is 6.25. The Hall–Kier alpha value is -2.13. The third kappa shape index (κ3) is 1.74. The van der Waals surface area contributed by atoms with E-state index in [0.717, 1.165) is 5.56 Å². The molecule has 1 heterocycles. The highest BCUT2D eigenvalue weighted by atomic mass is 35.5. The van der Waals surface area contributed by atoms with Crippen LogP contribution in [0.4, 0.5) is 5.69 Å². The van der Waals surface area contributed by atoms with E-state index < -0.39 is 10.8 Å². The minimum atomic E-state index is -1.69. The van der Waals surface area contributed by atoms with Crippen LogP contribution in [0.15, 0.2) is 48.5 Å². The number of rotatable bonds is 1. The predicted molar refractivity (Wildman–Crippen MR) is 78.1 cm³/mol. The average Bonchev–Trinajstić information content (AvgIpc) is 2.45. The first-order chi connectivity index (χ1) is 9.53. The summed E-state index contributed by atoms with van der Waals surface area (Å²) in [6, 6.07) is 14.0. The standard InChI is InChI=1S/C16H12ClNO2/c1-10-7-8-12-13(9-10)18-15(20)16(17,14(12)19)11-5-3-2-4-6-11/h2-9H,1H3,(H,18,20). The molecule has 0 radical (unpaired) electrons. The first kappa shape index (κ1) is 12.9. The maximum Gasteiger partial charge on any atom is 0.258 e. The molecular formula is C16H12ClNO2. The van der Waals surface area contributed by atoms with Gasteiger partial charge in [0.25, 0.3) is 5.91 Å². The molecule has 100 valence electrons. The summed E-state index contributed by atoms with van der Waals surface area (Å²) in [7, 11) is 0. The molecule has 2 aromatic carbocycles. The summed E-state index contributed by atoms with van der Waals surface area (Å²) in [5.74, 6) is -0.891. The van der Waals surface area contributed by atoms with Crippen LogP contribution in [0.1, 0.15) is 21.5 Å². The van der Waals surface area contributed by atoms with E-state index in [9.17, 15) is 9.59 Å². The molecule has 0 aliphatic carbocycles. The Labute approximate surface area is 121 Å². The van der Waals surface area contributed by atoms with E-state index in [-0.39, 0.29) is 5.78 Å². The van der Waals surface area contributed by atoms with E-state index >= 15 is 0 Å². The first-order valence-corrected chi connectivity index (χ1v) is 6.62. The van der Waals surface area contributed by atoms with Crippen LogP contribution in [0.25, 0.3) is 0 Å². The molecule has 1 aliphatic rings. The Morgan fingerprint density at radius 2 is 1.75 bits per heavy atom. The number of amides is 1. The number of alkyl halides is 1. The van der Waals surface area contributed by atoms with E-state index in [1.54, 1.807) is 36.4 Å². The number of carbonyl (C=O) groups excluding carboxylic acids is 2. The summed E-state index contributed by atoms with van der Waals surface area (Å²) in [5.41, 5.74) is 2.41. The molecular weight excluding hydrogens is 274 g/mol. The van der Waals surface area contributed by atoms with Crippen LogP contribution in [0, 0.1) is 6.92 Å². The number of fused-ring (bicyclic) bond motifs is 1. The quantitative estimate of drug-likeness (QED) is 0.646. The highest BCUT2D eigenvalue weighted by Crippen LogP contribution is 2.40. The van der Waals surface area contributed by atoms with Gasteiger partial charge in [0.1, 0.15) is 0 Å². The number of aryl methyl sites for hydroxylation is 1. The van der Waals surface area contributed by atoms with Crippen molar-refractivity contribution in [1.29, 1.82) is 0 Å². The second kappa shape index (κ2) is 4.46. The molecule has 1 atom stereocenters. The molecule has 1 unspecified atom stereocenters. The molecule has 0 aromatic heterocycles. The normalized spacial score (nSPS) is 21.3. The minimum Gasteiger partial charge on any atom is -0.323 e. The molecule has 0 bridgehead atoms. The predicted octanol–water partition coefficient (Wildman–Crippen LogP) is 3.26. The number of nitrogens with one attached hydrogen (secondary N) is 1. The summed E-state index contributed by atoms with van der Waals surface area (Å²) >= 11 is 6.41. The van der Waals surface area contributed by atoms with Gasteiger partial charge in [-0.2, -0.15) is 0 Å². The number of benzene rings is 2. The lowest BCUT2D eigenvalue weighted by atomic mass is 9.85. The number of carbonyl (C=O) groups is 2. The third-order valence-corrected chi connectivity index (χ3v) is 4.03. The van der Waals surface area contributed by atoms with E-state index in [2.05, 4.69) is 5.32 Å². The van der Waals surface area contributed by atoms with Crippen molar-refractivity contribution in [3.05, 3.63) is 65.2 Å². The fourth-order valence-electron chi connectivity index (χ4n) is 2.39. The Morgan fingerprint density at radius 1 is 1.05 bits per heavy atom. The van der Waals surface area contributed by atoms with Gasteiger partial charge in [0.2, 0.25) is 4.87 Å². The van der Waals surface area contributed by atoms with Gasteiger partial charge in [0.05, 0.1) is 5.69 Å². The van der Waals surface area contributed by atoms with Crippen molar-refractivity contribution >= 4 is 29.0 Å². The summed E-state index contributed by atoms with van der Waals surface area (Å²) in [4.78, 5) is 23.3. The molecule has 2 aromatic rings. The lowest BCUT2D eigenvalue weighted by molar-refractivity contribution is -0.117. The fraction of sp³-hybridized carbons (Fsp3) is 0.125. The molecule has 0 saturated carbocycles. The molecule has 1 amide bonds. The largest absolute Gasteiger partial charge is 0.323 e. The van der Waals surface area contributed by atoms with Gasteiger partial charge in [-0.15, -0.1) is 0 Å². The second-order valence-corrected chi connectivity index (χ2v) is 5.42. The van der Waals surface area contributed by atoms with Gasteiger partial charge in [-0.05, 0) is 30.2 Å². The summed E-state index contributed by atoms with van der Waals surface area (Å²) in [6.07, 6.45) is 0. The second-order valence-electron chi connectivity index (χ2n) is 4.86. The average molecular weight is 286 g/mol. The zero-order valence-electron chi connectivity index (χ0n) is 10.8. The zero-order chi connectivity index (χ0) is 14.3. The van der Waals surface area contributed by atoms with Crippen molar-refractivity contribution in [1.82, 2.24) is 0 Å².